The largest absolute Gasteiger partial charge is 0.413 e. The molecule has 0 aromatic heterocycles. The second-order valence-corrected chi connectivity index (χ2v) is 4.92. The molecule has 4 heteroatoms. The van der Waals surface area contributed by atoms with Crippen molar-refractivity contribution < 1.29 is 13.9 Å². The fourth-order valence-corrected chi connectivity index (χ4v) is 2.21. The van der Waals surface area contributed by atoms with Crippen molar-refractivity contribution in [3.05, 3.63) is 66.0 Å². The molecule has 0 unspecified atom stereocenters. The number of carbonyl (C=O) groups excluding carboxylic acids is 1. The van der Waals surface area contributed by atoms with Crippen LogP contribution >= 0.6 is 0 Å². The molecule has 0 atom stereocenters. The van der Waals surface area contributed by atoms with Crippen LogP contribution in [0.2, 0.25) is 0 Å². The van der Waals surface area contributed by atoms with Crippen molar-refractivity contribution in [2.75, 3.05) is 0 Å². The van der Waals surface area contributed by atoms with Crippen LogP contribution in [0.15, 0.2) is 54.6 Å². The molecule has 1 N–H and O–H groups in total. The van der Waals surface area contributed by atoms with Gasteiger partial charge in [-0.3, -0.25) is 0 Å². The fraction of sp³-hybridized carbons (Fsp3) is 0.188. The lowest BCUT2D eigenvalue weighted by atomic mass is 10.1. The minimum atomic E-state index is -0.516. The lowest BCUT2D eigenvalue weighted by molar-refractivity contribution is 0.194. The van der Waals surface area contributed by atoms with Crippen LogP contribution in [0.5, 0.6) is 5.75 Å². The van der Waals surface area contributed by atoms with Crippen LogP contribution in [0.1, 0.15) is 18.4 Å². The highest BCUT2D eigenvalue weighted by molar-refractivity contribution is 5.72. The van der Waals surface area contributed by atoms with Crippen molar-refractivity contribution in [2.45, 2.75) is 18.4 Å². The molecule has 1 amide bonds. The van der Waals surface area contributed by atoms with Crippen LogP contribution in [0.3, 0.4) is 0 Å². The summed E-state index contributed by atoms with van der Waals surface area (Å²) in [7, 11) is 0. The first-order chi connectivity index (χ1) is 9.68. The molecule has 1 saturated carbocycles. The van der Waals surface area contributed by atoms with Crippen LogP contribution in [0, 0.1) is 5.82 Å². The van der Waals surface area contributed by atoms with Gasteiger partial charge < -0.3 is 10.1 Å². The second-order valence-electron chi connectivity index (χ2n) is 4.92. The Kier molecular flexibility index (Phi) is 3.14. The number of carbonyl (C=O) groups is 1. The number of ether oxygens (including phenoxy) is 1. The van der Waals surface area contributed by atoms with Gasteiger partial charge in [0.05, 0.1) is 5.54 Å². The molecule has 0 saturated heterocycles. The van der Waals surface area contributed by atoms with Crippen molar-refractivity contribution in [3.8, 4) is 5.75 Å². The Morgan fingerprint density at radius 3 is 2.50 bits per heavy atom. The van der Waals surface area contributed by atoms with Crippen molar-refractivity contribution >= 4 is 6.09 Å². The molecule has 1 aliphatic carbocycles. The smallest absolute Gasteiger partial charge is 0.410 e. The topological polar surface area (TPSA) is 38.3 Å². The molecule has 2 aromatic rings. The van der Waals surface area contributed by atoms with E-state index in [1.165, 1.54) is 12.1 Å². The van der Waals surface area contributed by atoms with Crippen molar-refractivity contribution in [1.82, 2.24) is 5.32 Å². The highest BCUT2D eigenvalue weighted by Crippen LogP contribution is 2.45. The van der Waals surface area contributed by atoms with E-state index in [0.29, 0.717) is 5.75 Å². The van der Waals surface area contributed by atoms with E-state index < -0.39 is 11.6 Å². The maximum absolute atomic E-state index is 13.3. The van der Waals surface area contributed by atoms with Gasteiger partial charge in [-0.05, 0) is 42.7 Å². The lowest BCUT2D eigenvalue weighted by Crippen LogP contribution is -2.36. The number of nitrogens with one attached hydrogen (secondary N) is 1. The Balaban J connectivity index is 1.70. The summed E-state index contributed by atoms with van der Waals surface area (Å²) < 4.78 is 18.5. The standard InChI is InChI=1S/C16H14FNO2/c17-13-6-4-5-12(11-13)16(9-10-16)18-15(19)20-14-7-2-1-3-8-14/h1-8,11H,9-10H2,(H,18,19). The number of hydrogen-bond donors (Lipinski definition) is 1. The summed E-state index contributed by atoms with van der Waals surface area (Å²) in [6.07, 6.45) is 1.07. The van der Waals surface area contributed by atoms with Crippen molar-refractivity contribution in [2.24, 2.45) is 0 Å². The van der Waals surface area contributed by atoms with Crippen LogP contribution in [0.25, 0.3) is 0 Å². The molecule has 1 aliphatic rings. The van der Waals surface area contributed by atoms with Gasteiger partial charge in [0, 0.05) is 0 Å². The Bertz CT molecular complexity index is 623. The highest BCUT2D eigenvalue weighted by atomic mass is 19.1. The quantitative estimate of drug-likeness (QED) is 0.926. The zero-order valence-electron chi connectivity index (χ0n) is 10.8. The summed E-state index contributed by atoms with van der Waals surface area (Å²) in [5, 5.41) is 2.83. The minimum Gasteiger partial charge on any atom is -0.410 e. The summed E-state index contributed by atoms with van der Waals surface area (Å²) >= 11 is 0. The third-order valence-electron chi connectivity index (χ3n) is 3.42. The maximum Gasteiger partial charge on any atom is 0.413 e. The summed E-state index contributed by atoms with van der Waals surface area (Å²) in [5.74, 6) is 0.187. The molecule has 102 valence electrons. The van der Waals surface area contributed by atoms with Gasteiger partial charge in [-0.2, -0.15) is 0 Å². The molecule has 0 radical (unpaired) electrons. The van der Waals surface area contributed by atoms with Crippen molar-refractivity contribution in [1.29, 1.82) is 0 Å². The Morgan fingerprint density at radius 1 is 1.10 bits per heavy atom. The van der Waals surface area contributed by atoms with Gasteiger partial charge in [0.25, 0.3) is 0 Å². The van der Waals surface area contributed by atoms with Crippen molar-refractivity contribution in [3.63, 3.8) is 0 Å². The van der Waals surface area contributed by atoms with Gasteiger partial charge in [-0.25, -0.2) is 9.18 Å². The van der Waals surface area contributed by atoms with E-state index >= 15 is 0 Å². The first kappa shape index (κ1) is 12.7. The highest BCUT2D eigenvalue weighted by Gasteiger charge is 2.46. The molecule has 0 bridgehead atoms. The number of para-hydroxylation sites is 1. The average Bonchev–Trinajstić information content (AvgIpc) is 3.20. The third-order valence-corrected chi connectivity index (χ3v) is 3.42. The minimum absolute atomic E-state index is 0.299. The Labute approximate surface area is 116 Å². The summed E-state index contributed by atoms with van der Waals surface area (Å²) in [6, 6.07) is 15.2. The molecule has 0 heterocycles. The first-order valence-corrected chi connectivity index (χ1v) is 6.49. The fourth-order valence-electron chi connectivity index (χ4n) is 2.21. The zero-order chi connectivity index (χ0) is 14.0. The Hall–Kier alpha value is -2.36. The van der Waals surface area contributed by atoms with E-state index in [9.17, 15) is 9.18 Å². The zero-order valence-corrected chi connectivity index (χ0v) is 10.8. The maximum atomic E-state index is 13.3. The van der Waals surface area contributed by atoms with E-state index in [1.807, 2.05) is 12.1 Å². The number of rotatable bonds is 3. The molecular formula is C16H14FNO2. The second kappa shape index (κ2) is 4.96. The van der Waals surface area contributed by atoms with E-state index in [-0.39, 0.29) is 5.82 Å². The van der Waals surface area contributed by atoms with Gasteiger partial charge in [-0.15, -0.1) is 0 Å². The van der Waals surface area contributed by atoms with E-state index in [0.717, 1.165) is 18.4 Å². The molecule has 0 aliphatic heterocycles. The normalized spacial score (nSPS) is 15.4. The van der Waals surface area contributed by atoms with Crippen LogP contribution in [0.4, 0.5) is 9.18 Å². The van der Waals surface area contributed by atoms with Gasteiger partial charge in [0.1, 0.15) is 11.6 Å². The Morgan fingerprint density at radius 2 is 1.85 bits per heavy atom. The van der Waals surface area contributed by atoms with E-state index in [4.69, 9.17) is 4.74 Å². The van der Waals surface area contributed by atoms with Crippen LogP contribution in [-0.2, 0) is 5.54 Å². The number of amides is 1. The van der Waals surface area contributed by atoms with Gasteiger partial charge in [0.15, 0.2) is 0 Å². The van der Waals surface area contributed by atoms with E-state index in [1.54, 1.807) is 30.3 Å². The molecule has 0 spiro atoms. The summed E-state index contributed by atoms with van der Waals surface area (Å²) in [6.45, 7) is 0. The predicted octanol–water partition coefficient (Wildman–Crippen LogP) is 3.60. The molecule has 3 nitrogen and oxygen atoms in total. The molecule has 1 fully saturated rings. The van der Waals surface area contributed by atoms with E-state index in [2.05, 4.69) is 5.32 Å². The molecule has 2 aromatic carbocycles. The average molecular weight is 271 g/mol. The molecule has 20 heavy (non-hydrogen) atoms. The summed E-state index contributed by atoms with van der Waals surface area (Å²) in [4.78, 5) is 11.9. The predicted molar refractivity (Wildman–Crippen MR) is 72.9 cm³/mol. The number of halogens is 1. The van der Waals surface area contributed by atoms with Crippen LogP contribution < -0.4 is 10.1 Å². The number of benzene rings is 2. The number of hydrogen-bond acceptors (Lipinski definition) is 2. The SMILES string of the molecule is O=C(NC1(c2cccc(F)c2)CC1)Oc1ccccc1. The van der Waals surface area contributed by atoms with Gasteiger partial charge in [-0.1, -0.05) is 30.3 Å². The first-order valence-electron chi connectivity index (χ1n) is 6.49. The summed E-state index contributed by atoms with van der Waals surface area (Å²) in [5.41, 5.74) is 0.302. The molecular weight excluding hydrogens is 257 g/mol. The van der Waals surface area contributed by atoms with Gasteiger partial charge in [0.2, 0.25) is 0 Å². The third kappa shape index (κ3) is 2.64. The van der Waals surface area contributed by atoms with Gasteiger partial charge >= 0.3 is 6.09 Å². The monoisotopic (exact) mass is 271 g/mol. The van der Waals surface area contributed by atoms with Crippen LogP contribution in [-0.4, -0.2) is 6.09 Å². The molecule has 3 rings (SSSR count). The lowest BCUT2D eigenvalue weighted by Gasteiger charge is -2.17.